The van der Waals surface area contributed by atoms with Crippen molar-refractivity contribution < 1.29 is 19.1 Å². The molecule has 0 aromatic heterocycles. The number of carbonyl (C=O) groups excluding carboxylic acids is 3. The first-order valence-corrected chi connectivity index (χ1v) is 15.1. The molecule has 0 unspecified atom stereocenters. The normalized spacial score (nSPS) is 23.1. The molecular formula is C37H36N4O4. The van der Waals surface area contributed by atoms with Gasteiger partial charge in [-0.05, 0) is 53.9 Å². The molecule has 7 rings (SSSR count). The zero-order valence-electron chi connectivity index (χ0n) is 25.1. The van der Waals surface area contributed by atoms with E-state index in [9.17, 15) is 14.4 Å². The number of amides is 3. The first kappa shape index (κ1) is 29.8. The minimum absolute atomic E-state index is 0.172. The first-order chi connectivity index (χ1) is 22.0. The lowest BCUT2D eigenvalue weighted by molar-refractivity contribution is -0.143. The van der Waals surface area contributed by atoms with Crippen molar-refractivity contribution in [3.8, 4) is 5.75 Å². The zero-order valence-corrected chi connectivity index (χ0v) is 25.1. The van der Waals surface area contributed by atoms with Gasteiger partial charge in [-0.1, -0.05) is 103 Å². The van der Waals surface area contributed by atoms with Crippen LogP contribution in [-0.4, -0.2) is 59.4 Å². The van der Waals surface area contributed by atoms with Crippen LogP contribution in [-0.2, 0) is 27.2 Å². The number of nitrogens with one attached hydrogen (secondary N) is 2. The quantitative estimate of drug-likeness (QED) is 0.344. The Morgan fingerprint density at radius 2 is 1.33 bits per heavy atom. The summed E-state index contributed by atoms with van der Waals surface area (Å²) in [6, 6.07) is 33.8. The summed E-state index contributed by atoms with van der Waals surface area (Å²) >= 11 is 0. The van der Waals surface area contributed by atoms with E-state index in [1.807, 2.05) is 127 Å². The number of nitrogens with zero attached hydrogens (tertiary/aromatic N) is 2. The van der Waals surface area contributed by atoms with Crippen molar-refractivity contribution in [2.45, 2.75) is 37.1 Å². The molecule has 3 aliphatic heterocycles. The van der Waals surface area contributed by atoms with Crippen LogP contribution in [0, 0.1) is 0 Å². The predicted octanol–water partition coefficient (Wildman–Crippen LogP) is 4.35. The summed E-state index contributed by atoms with van der Waals surface area (Å²) in [5.74, 6) is -0.448. The molecule has 4 aromatic carbocycles. The molecule has 4 aromatic rings. The average Bonchev–Trinajstić information content (AvgIpc) is 3.34. The summed E-state index contributed by atoms with van der Waals surface area (Å²) in [6.07, 6.45) is 3.28. The minimum Gasteiger partial charge on any atom is -0.483 e. The maximum atomic E-state index is 14.6. The minimum atomic E-state index is -1.08. The molecule has 228 valence electrons. The molecule has 3 heterocycles. The lowest BCUT2D eigenvalue weighted by Gasteiger charge is -2.35. The van der Waals surface area contributed by atoms with E-state index >= 15 is 0 Å². The van der Waals surface area contributed by atoms with E-state index in [2.05, 4.69) is 10.6 Å². The Balaban J connectivity index is 1.42. The van der Waals surface area contributed by atoms with Gasteiger partial charge in [0.25, 0.3) is 0 Å². The van der Waals surface area contributed by atoms with Crippen LogP contribution in [0.3, 0.4) is 0 Å². The summed E-state index contributed by atoms with van der Waals surface area (Å²) < 4.78 is 6.61. The largest absolute Gasteiger partial charge is 0.483 e. The molecule has 3 amide bonds. The summed E-state index contributed by atoms with van der Waals surface area (Å²) in [5.41, 5.74) is 3.53. The molecule has 2 bridgehead atoms. The monoisotopic (exact) mass is 600 g/mol. The molecule has 1 fully saturated rings. The Bertz CT molecular complexity index is 1640. The van der Waals surface area contributed by atoms with Gasteiger partial charge in [0, 0.05) is 12.6 Å². The van der Waals surface area contributed by atoms with Crippen LogP contribution in [0.5, 0.6) is 5.75 Å². The lowest BCUT2D eigenvalue weighted by Crippen LogP contribution is -2.57. The van der Waals surface area contributed by atoms with Crippen molar-refractivity contribution in [2.24, 2.45) is 0 Å². The highest BCUT2D eigenvalue weighted by Crippen LogP contribution is 2.32. The molecule has 8 nitrogen and oxygen atoms in total. The third-order valence-corrected chi connectivity index (χ3v) is 8.33. The summed E-state index contributed by atoms with van der Waals surface area (Å²) in [4.78, 5) is 45.9. The number of carbonyl (C=O) groups is 3. The van der Waals surface area contributed by atoms with Gasteiger partial charge in [0.05, 0.1) is 12.7 Å². The van der Waals surface area contributed by atoms with Crippen molar-refractivity contribution in [1.29, 1.82) is 0 Å². The molecule has 4 atom stereocenters. The van der Waals surface area contributed by atoms with Gasteiger partial charge in [-0.15, -0.1) is 0 Å². The fourth-order valence-corrected chi connectivity index (χ4v) is 5.93. The number of fused-ring (bicyclic) bond motifs is 10. The molecule has 0 spiro atoms. The maximum absolute atomic E-state index is 14.6. The second kappa shape index (κ2) is 13.6. The third kappa shape index (κ3) is 6.97. The molecule has 2 N–H and O–H groups in total. The summed E-state index contributed by atoms with van der Waals surface area (Å²) in [6.45, 7) is 0.221. The van der Waals surface area contributed by atoms with Crippen LogP contribution in [0.4, 0.5) is 0 Å². The maximum Gasteiger partial charge on any atom is 0.247 e. The van der Waals surface area contributed by atoms with E-state index in [1.165, 1.54) is 0 Å². The van der Waals surface area contributed by atoms with E-state index in [0.29, 0.717) is 12.2 Å². The molecule has 3 aliphatic rings. The SMILES string of the molecule is CN1CN([C@@H]2C(=O)N[C@@H](Cc3ccccc3)C(=O)N/C=C\c3ccc(cc3)O[C@H]2c2ccccc2)C(=O)[C@@H]1Cc1ccccc1. The topological polar surface area (TPSA) is 91.0 Å². The molecule has 1 saturated heterocycles. The van der Waals surface area contributed by atoms with Gasteiger partial charge in [0.2, 0.25) is 17.7 Å². The Morgan fingerprint density at radius 1 is 0.733 bits per heavy atom. The van der Waals surface area contributed by atoms with Crippen LogP contribution in [0.15, 0.2) is 121 Å². The number of hydrogen-bond acceptors (Lipinski definition) is 5. The second-order valence-electron chi connectivity index (χ2n) is 11.5. The highest BCUT2D eigenvalue weighted by molar-refractivity contribution is 5.95. The van der Waals surface area contributed by atoms with E-state index in [4.69, 9.17) is 4.74 Å². The van der Waals surface area contributed by atoms with Crippen LogP contribution in [0.2, 0.25) is 0 Å². The van der Waals surface area contributed by atoms with Crippen LogP contribution in [0.1, 0.15) is 28.4 Å². The molecular weight excluding hydrogens is 564 g/mol. The van der Waals surface area contributed by atoms with E-state index < -0.39 is 30.1 Å². The van der Waals surface area contributed by atoms with Crippen molar-refractivity contribution in [2.75, 3.05) is 13.7 Å². The second-order valence-corrected chi connectivity index (χ2v) is 11.5. The molecule has 0 aliphatic carbocycles. The van der Waals surface area contributed by atoms with E-state index in [0.717, 1.165) is 22.3 Å². The van der Waals surface area contributed by atoms with Gasteiger partial charge >= 0.3 is 0 Å². The Hall–Kier alpha value is -5.21. The Labute approximate surface area is 263 Å². The molecule has 0 radical (unpaired) electrons. The van der Waals surface area contributed by atoms with Crippen LogP contribution >= 0.6 is 0 Å². The number of ether oxygens (including phenoxy) is 1. The summed E-state index contributed by atoms with van der Waals surface area (Å²) in [7, 11) is 1.89. The van der Waals surface area contributed by atoms with Gasteiger partial charge < -0.3 is 20.3 Å². The summed E-state index contributed by atoms with van der Waals surface area (Å²) in [5, 5.41) is 5.85. The number of hydrogen-bond donors (Lipinski definition) is 2. The average molecular weight is 601 g/mol. The number of rotatable bonds is 6. The lowest BCUT2D eigenvalue weighted by atomic mass is 9.97. The molecule has 8 heteroatoms. The zero-order chi connectivity index (χ0) is 31.2. The van der Waals surface area contributed by atoms with Gasteiger partial charge in [-0.25, -0.2) is 0 Å². The van der Waals surface area contributed by atoms with E-state index in [-0.39, 0.29) is 24.9 Å². The standard InChI is InChI=1S/C37H36N4O4/c1-40-25-41(37(44)32(40)24-28-13-7-3-8-14-28)33-34(29-15-9-4-10-16-29)45-30-19-17-26(18-20-30)21-22-38-35(42)31(39-36(33)43)23-27-11-5-2-6-12-27/h2-22,31-34H,23-25H2,1H3,(H,38,42)(H,39,43)/b22-21-/t31-,32-,33-,34-/m0/s1. The number of likely N-dealkylation sites (N-methyl/N-ethyl adjacent to an activating group) is 1. The van der Waals surface area contributed by atoms with Gasteiger partial charge in [-0.3, -0.25) is 19.3 Å². The van der Waals surface area contributed by atoms with Crippen molar-refractivity contribution in [3.05, 3.63) is 144 Å². The fourth-order valence-electron chi connectivity index (χ4n) is 5.93. The van der Waals surface area contributed by atoms with Gasteiger partial charge in [-0.2, -0.15) is 0 Å². The Morgan fingerprint density at radius 3 is 1.98 bits per heavy atom. The first-order valence-electron chi connectivity index (χ1n) is 15.1. The van der Waals surface area contributed by atoms with Crippen molar-refractivity contribution in [1.82, 2.24) is 20.4 Å². The van der Waals surface area contributed by atoms with Gasteiger partial charge in [0.1, 0.15) is 11.8 Å². The predicted molar refractivity (Wildman–Crippen MR) is 173 cm³/mol. The van der Waals surface area contributed by atoms with Crippen LogP contribution in [0.25, 0.3) is 6.08 Å². The van der Waals surface area contributed by atoms with Crippen molar-refractivity contribution >= 4 is 23.8 Å². The van der Waals surface area contributed by atoms with Crippen molar-refractivity contribution in [3.63, 3.8) is 0 Å². The van der Waals surface area contributed by atoms with E-state index in [1.54, 1.807) is 17.2 Å². The van der Waals surface area contributed by atoms with Crippen LogP contribution < -0.4 is 15.4 Å². The highest BCUT2D eigenvalue weighted by atomic mass is 16.5. The fraction of sp³-hybridized carbons (Fsp3) is 0.216. The van der Waals surface area contributed by atoms with Gasteiger partial charge in [0.15, 0.2) is 12.1 Å². The Kier molecular flexibility index (Phi) is 9.03. The number of benzene rings is 4. The molecule has 45 heavy (non-hydrogen) atoms. The molecule has 0 saturated carbocycles. The third-order valence-electron chi connectivity index (χ3n) is 8.33. The smallest absolute Gasteiger partial charge is 0.247 e. The highest BCUT2D eigenvalue weighted by Gasteiger charge is 2.47.